The Morgan fingerprint density at radius 1 is 1.00 bits per heavy atom. The Balaban J connectivity index is 0.000000438. The van der Waals surface area contributed by atoms with Crippen LogP contribution in [0.15, 0.2) is 29.2 Å². The zero-order chi connectivity index (χ0) is 17.9. The minimum Gasteiger partial charge on any atom is -0.744 e. The summed E-state index contributed by atoms with van der Waals surface area (Å²) in [6, 6.07) is 6.29. The van der Waals surface area contributed by atoms with Crippen LogP contribution >= 0.6 is 0 Å². The van der Waals surface area contributed by atoms with Gasteiger partial charge in [-0.05, 0) is 17.5 Å². The predicted octanol–water partition coefficient (Wildman–Crippen LogP) is -1.44. The smallest absolute Gasteiger partial charge is 0.124 e. The molecule has 0 aliphatic carbocycles. The van der Waals surface area contributed by atoms with Crippen molar-refractivity contribution in [3.63, 3.8) is 0 Å². The van der Waals surface area contributed by atoms with Gasteiger partial charge in [0.15, 0.2) is 0 Å². The molecule has 0 saturated heterocycles. The Morgan fingerprint density at radius 2 is 1.43 bits per heavy atom. The van der Waals surface area contributed by atoms with Gasteiger partial charge in [-0.2, -0.15) is 0 Å². The summed E-state index contributed by atoms with van der Waals surface area (Å²) in [4.78, 5) is 0.928. The molecule has 23 heavy (non-hydrogen) atoms. The average Bonchev–Trinajstić information content (AvgIpc) is 2.48. The van der Waals surface area contributed by atoms with Gasteiger partial charge in [-0.3, -0.25) is 0 Å². The first-order chi connectivity index (χ1) is 10.8. The molecule has 0 bridgehead atoms. The molecular formula is C15H27NO6S. The fourth-order valence-corrected chi connectivity index (χ4v) is 2.87. The van der Waals surface area contributed by atoms with E-state index in [0.717, 1.165) is 4.90 Å². The normalized spacial score (nSPS) is 11.5. The fraction of sp³-hybridized carbons (Fsp3) is 0.600. The lowest BCUT2D eigenvalue weighted by Crippen LogP contribution is -3.13. The Bertz CT molecular complexity index is 518. The topological polar surface area (TPSA) is 122 Å². The molecule has 0 radical (unpaired) electrons. The van der Waals surface area contributed by atoms with E-state index >= 15 is 0 Å². The van der Waals surface area contributed by atoms with Gasteiger partial charge in [0.05, 0.1) is 24.7 Å². The van der Waals surface area contributed by atoms with Gasteiger partial charge in [0, 0.05) is 0 Å². The first-order valence-electron chi connectivity index (χ1n) is 7.48. The van der Waals surface area contributed by atoms with Crippen molar-refractivity contribution in [3.05, 3.63) is 29.8 Å². The van der Waals surface area contributed by atoms with Crippen molar-refractivity contribution in [2.24, 2.45) is 0 Å². The third kappa shape index (κ3) is 8.99. The van der Waals surface area contributed by atoms with Crippen molar-refractivity contribution in [1.82, 2.24) is 0 Å². The van der Waals surface area contributed by atoms with Crippen molar-refractivity contribution in [2.45, 2.75) is 24.7 Å². The van der Waals surface area contributed by atoms with Crippen molar-refractivity contribution in [2.75, 3.05) is 39.5 Å². The van der Waals surface area contributed by atoms with Crippen LogP contribution in [0.2, 0.25) is 0 Å². The standard InChI is InChI=1S/C9H12O3S.C6H15NO3/c1-7(2)8-5-3-4-6-9(8)13(10,11)12;8-4-1-7(2-5-9)3-6-10/h3-7H,1-2H3,(H,10,11,12);8-10H,1-6H2. The molecule has 0 atom stereocenters. The fourth-order valence-electron chi connectivity index (χ4n) is 2.03. The lowest BCUT2D eigenvalue weighted by atomic mass is 10.0. The molecule has 0 aromatic heterocycles. The lowest BCUT2D eigenvalue weighted by molar-refractivity contribution is -0.901. The van der Waals surface area contributed by atoms with Gasteiger partial charge >= 0.3 is 0 Å². The van der Waals surface area contributed by atoms with Crippen LogP contribution in [-0.4, -0.2) is 67.7 Å². The third-order valence-electron chi connectivity index (χ3n) is 3.21. The van der Waals surface area contributed by atoms with Gasteiger partial charge in [-0.25, -0.2) is 8.42 Å². The zero-order valence-corrected chi connectivity index (χ0v) is 14.4. The van der Waals surface area contributed by atoms with E-state index in [1.807, 2.05) is 13.8 Å². The summed E-state index contributed by atoms with van der Waals surface area (Å²) in [5, 5.41) is 25.5. The van der Waals surface area contributed by atoms with Crippen LogP contribution in [0.4, 0.5) is 0 Å². The highest BCUT2D eigenvalue weighted by atomic mass is 32.2. The summed E-state index contributed by atoms with van der Waals surface area (Å²) in [5.41, 5.74) is 0.581. The highest BCUT2D eigenvalue weighted by Gasteiger charge is 2.10. The van der Waals surface area contributed by atoms with E-state index in [9.17, 15) is 13.0 Å². The largest absolute Gasteiger partial charge is 0.744 e. The molecule has 0 heterocycles. The maximum absolute atomic E-state index is 10.8. The molecule has 134 valence electrons. The van der Waals surface area contributed by atoms with E-state index < -0.39 is 10.1 Å². The first kappa shape index (κ1) is 22.0. The molecule has 1 rings (SSSR count). The number of aliphatic hydroxyl groups excluding tert-OH is 3. The molecule has 0 aliphatic rings. The van der Waals surface area contributed by atoms with E-state index in [1.165, 1.54) is 6.07 Å². The third-order valence-corrected chi connectivity index (χ3v) is 4.12. The van der Waals surface area contributed by atoms with Crippen molar-refractivity contribution in [3.8, 4) is 0 Å². The minimum atomic E-state index is -4.33. The predicted molar refractivity (Wildman–Crippen MR) is 85.3 cm³/mol. The molecule has 0 amide bonds. The van der Waals surface area contributed by atoms with E-state index in [-0.39, 0.29) is 30.6 Å². The number of aliphatic hydroxyl groups is 3. The SMILES string of the molecule is CC(C)c1ccccc1S(=O)(=O)[O-].OCC[NH+](CCO)CCO. The molecule has 0 aliphatic heterocycles. The van der Waals surface area contributed by atoms with Crippen molar-refractivity contribution in [1.29, 1.82) is 0 Å². The molecule has 1 aromatic carbocycles. The van der Waals surface area contributed by atoms with Crippen LogP contribution in [-0.2, 0) is 10.1 Å². The summed E-state index contributed by atoms with van der Waals surface area (Å²) < 4.78 is 32.4. The Hall–Kier alpha value is -1.03. The Kier molecular flexibility index (Phi) is 11.0. The molecule has 1 aromatic rings. The van der Waals surface area contributed by atoms with Gasteiger partial charge in [0.2, 0.25) is 0 Å². The van der Waals surface area contributed by atoms with Crippen LogP contribution < -0.4 is 4.90 Å². The number of hydrogen-bond acceptors (Lipinski definition) is 6. The molecule has 0 fully saturated rings. The highest BCUT2D eigenvalue weighted by molar-refractivity contribution is 7.85. The summed E-state index contributed by atoms with van der Waals surface area (Å²) >= 11 is 0. The van der Waals surface area contributed by atoms with Gasteiger partial charge in [-0.1, -0.05) is 32.0 Å². The molecule has 8 heteroatoms. The summed E-state index contributed by atoms with van der Waals surface area (Å²) in [5.74, 6) is 0.0416. The van der Waals surface area contributed by atoms with Crippen LogP contribution in [0.25, 0.3) is 0 Å². The molecule has 7 nitrogen and oxygen atoms in total. The minimum absolute atomic E-state index is 0.0416. The molecule has 4 N–H and O–H groups in total. The van der Waals surface area contributed by atoms with Crippen LogP contribution in [0.5, 0.6) is 0 Å². The number of nitrogens with one attached hydrogen (secondary N) is 1. The maximum atomic E-state index is 10.8. The Morgan fingerprint density at radius 3 is 1.74 bits per heavy atom. The van der Waals surface area contributed by atoms with Crippen molar-refractivity contribution >= 4 is 10.1 Å². The van der Waals surface area contributed by atoms with Crippen LogP contribution in [0, 0.1) is 0 Å². The second kappa shape index (κ2) is 11.5. The second-order valence-corrected chi connectivity index (χ2v) is 6.67. The molecule has 0 spiro atoms. The van der Waals surface area contributed by atoms with Crippen LogP contribution in [0.1, 0.15) is 25.3 Å². The van der Waals surface area contributed by atoms with Gasteiger partial charge < -0.3 is 24.8 Å². The van der Waals surface area contributed by atoms with Gasteiger partial charge in [-0.15, -0.1) is 0 Å². The quantitative estimate of drug-likeness (QED) is 0.427. The van der Waals surface area contributed by atoms with E-state index in [0.29, 0.717) is 25.2 Å². The second-order valence-electron chi connectivity index (χ2n) is 5.32. The number of benzene rings is 1. The maximum Gasteiger partial charge on any atom is 0.124 e. The molecule has 0 saturated carbocycles. The Labute approximate surface area is 137 Å². The van der Waals surface area contributed by atoms with Crippen LogP contribution in [0.3, 0.4) is 0 Å². The highest BCUT2D eigenvalue weighted by Crippen LogP contribution is 2.22. The number of hydrogen-bond donors (Lipinski definition) is 4. The average molecular weight is 349 g/mol. The van der Waals surface area contributed by atoms with E-state index in [1.54, 1.807) is 18.2 Å². The monoisotopic (exact) mass is 349 g/mol. The summed E-state index contributed by atoms with van der Waals surface area (Å²) in [6.45, 7) is 5.82. The summed E-state index contributed by atoms with van der Waals surface area (Å²) in [7, 11) is -4.33. The number of rotatable bonds is 8. The van der Waals surface area contributed by atoms with E-state index in [2.05, 4.69) is 0 Å². The first-order valence-corrected chi connectivity index (χ1v) is 8.89. The zero-order valence-electron chi connectivity index (χ0n) is 13.6. The number of quaternary nitrogens is 1. The van der Waals surface area contributed by atoms with Gasteiger partial charge in [0.1, 0.15) is 29.8 Å². The van der Waals surface area contributed by atoms with E-state index in [4.69, 9.17) is 15.3 Å². The summed E-state index contributed by atoms with van der Waals surface area (Å²) in [6.07, 6.45) is 0. The molecular weight excluding hydrogens is 322 g/mol. The lowest BCUT2D eigenvalue weighted by Gasteiger charge is -2.15. The molecule has 0 unspecified atom stereocenters. The van der Waals surface area contributed by atoms with Crippen molar-refractivity contribution < 1.29 is 33.2 Å². The van der Waals surface area contributed by atoms with Gasteiger partial charge in [0.25, 0.3) is 0 Å².